The van der Waals surface area contributed by atoms with Gasteiger partial charge in [0.25, 0.3) is 0 Å². The SMILES string of the molecule is CC(C)(C)C(=O)Nc1ccc(B(O)O)cc1NC(=O)C(C)(C)C. The maximum absolute atomic E-state index is 12.2. The summed E-state index contributed by atoms with van der Waals surface area (Å²) in [7, 11) is -1.66. The first-order valence-electron chi connectivity index (χ1n) is 7.45. The monoisotopic (exact) mass is 320 g/mol. The molecule has 1 rings (SSSR count). The van der Waals surface area contributed by atoms with E-state index in [2.05, 4.69) is 10.6 Å². The molecule has 6 nitrogen and oxygen atoms in total. The minimum Gasteiger partial charge on any atom is -0.423 e. The molecule has 2 amide bonds. The van der Waals surface area contributed by atoms with Gasteiger partial charge in [0.15, 0.2) is 0 Å². The average Bonchev–Trinajstić information content (AvgIpc) is 2.37. The van der Waals surface area contributed by atoms with Gasteiger partial charge in [-0.15, -0.1) is 0 Å². The van der Waals surface area contributed by atoms with Crippen molar-refractivity contribution in [3.63, 3.8) is 0 Å². The van der Waals surface area contributed by atoms with Crippen molar-refractivity contribution in [3.8, 4) is 0 Å². The van der Waals surface area contributed by atoms with Crippen molar-refractivity contribution in [2.75, 3.05) is 10.6 Å². The van der Waals surface area contributed by atoms with Crippen LogP contribution in [0, 0.1) is 10.8 Å². The molecule has 0 aromatic heterocycles. The topological polar surface area (TPSA) is 98.7 Å². The molecule has 0 unspecified atom stereocenters. The van der Waals surface area contributed by atoms with E-state index in [0.717, 1.165) is 0 Å². The molecular formula is C16H25BN2O4. The molecule has 0 radical (unpaired) electrons. The average molecular weight is 320 g/mol. The molecule has 0 aliphatic carbocycles. The van der Waals surface area contributed by atoms with Crippen LogP contribution in [0.3, 0.4) is 0 Å². The minimum atomic E-state index is -1.66. The lowest BCUT2D eigenvalue weighted by Crippen LogP contribution is -2.33. The zero-order valence-corrected chi connectivity index (χ0v) is 14.5. The second kappa shape index (κ2) is 6.72. The molecular weight excluding hydrogens is 295 g/mol. The van der Waals surface area contributed by atoms with Gasteiger partial charge in [-0.2, -0.15) is 0 Å². The normalized spacial score (nSPS) is 11.8. The molecule has 0 atom stereocenters. The van der Waals surface area contributed by atoms with Gasteiger partial charge in [-0.25, -0.2) is 0 Å². The van der Waals surface area contributed by atoms with Crippen LogP contribution in [0.4, 0.5) is 11.4 Å². The number of hydrogen-bond donors (Lipinski definition) is 4. The Morgan fingerprint density at radius 1 is 0.870 bits per heavy atom. The summed E-state index contributed by atoms with van der Waals surface area (Å²) in [4.78, 5) is 24.4. The Kier molecular flexibility index (Phi) is 5.61. The summed E-state index contributed by atoms with van der Waals surface area (Å²) in [5, 5.41) is 24.1. The lowest BCUT2D eigenvalue weighted by Gasteiger charge is -2.22. The molecule has 0 spiro atoms. The summed E-state index contributed by atoms with van der Waals surface area (Å²) in [6.07, 6.45) is 0. The van der Waals surface area contributed by atoms with Gasteiger partial charge in [0.2, 0.25) is 11.8 Å². The maximum Gasteiger partial charge on any atom is 0.488 e. The van der Waals surface area contributed by atoms with Gasteiger partial charge in [0, 0.05) is 10.8 Å². The van der Waals surface area contributed by atoms with E-state index in [9.17, 15) is 19.6 Å². The Hall–Kier alpha value is -1.86. The van der Waals surface area contributed by atoms with Gasteiger partial charge in [-0.05, 0) is 17.6 Å². The number of rotatable bonds is 3. The molecule has 4 N–H and O–H groups in total. The van der Waals surface area contributed by atoms with Crippen LogP contribution in [0.5, 0.6) is 0 Å². The summed E-state index contributed by atoms with van der Waals surface area (Å²) in [6.45, 7) is 10.6. The van der Waals surface area contributed by atoms with Crippen LogP contribution in [0.2, 0.25) is 0 Å². The van der Waals surface area contributed by atoms with Crippen molar-refractivity contribution < 1.29 is 19.6 Å². The molecule has 0 aliphatic rings. The number of benzene rings is 1. The standard InChI is InChI=1S/C16H25BN2O4/c1-15(2,3)13(20)18-11-8-7-10(17(22)23)9-12(11)19-14(21)16(4,5)6/h7-9,22-23H,1-6H3,(H,18,20)(H,19,21). The molecule has 0 bridgehead atoms. The second-order valence-corrected chi connectivity index (χ2v) is 7.59. The van der Waals surface area contributed by atoms with Crippen LogP contribution < -0.4 is 16.1 Å². The van der Waals surface area contributed by atoms with Crippen molar-refractivity contribution in [3.05, 3.63) is 18.2 Å². The Morgan fingerprint density at radius 2 is 1.30 bits per heavy atom. The largest absolute Gasteiger partial charge is 0.488 e. The Labute approximate surface area is 137 Å². The third-order valence-electron chi connectivity index (χ3n) is 3.20. The molecule has 126 valence electrons. The molecule has 23 heavy (non-hydrogen) atoms. The summed E-state index contributed by atoms with van der Waals surface area (Å²) < 4.78 is 0. The number of carbonyl (C=O) groups excluding carboxylic acids is 2. The number of amides is 2. The van der Waals surface area contributed by atoms with Crippen LogP contribution in [-0.4, -0.2) is 29.0 Å². The third kappa shape index (κ3) is 5.37. The first kappa shape index (κ1) is 19.2. The van der Waals surface area contributed by atoms with Gasteiger partial charge in [-0.3, -0.25) is 9.59 Å². The Bertz CT molecular complexity index is 601. The van der Waals surface area contributed by atoms with Crippen LogP contribution in [0.1, 0.15) is 41.5 Å². The fraction of sp³-hybridized carbons (Fsp3) is 0.500. The van der Waals surface area contributed by atoms with E-state index in [4.69, 9.17) is 0 Å². The predicted octanol–water partition coefficient (Wildman–Crippen LogP) is 1.34. The highest BCUT2D eigenvalue weighted by molar-refractivity contribution is 6.58. The third-order valence-corrected chi connectivity index (χ3v) is 3.20. The second-order valence-electron chi connectivity index (χ2n) is 7.59. The van der Waals surface area contributed by atoms with E-state index in [-0.39, 0.29) is 17.3 Å². The molecule has 1 aromatic rings. The van der Waals surface area contributed by atoms with Crippen molar-refractivity contribution in [2.24, 2.45) is 10.8 Å². The van der Waals surface area contributed by atoms with Crippen LogP contribution in [0.15, 0.2) is 18.2 Å². The van der Waals surface area contributed by atoms with Crippen LogP contribution in [0.25, 0.3) is 0 Å². The highest BCUT2D eigenvalue weighted by Crippen LogP contribution is 2.26. The van der Waals surface area contributed by atoms with Gasteiger partial charge >= 0.3 is 7.12 Å². The molecule has 0 aliphatic heterocycles. The Morgan fingerprint density at radius 3 is 1.70 bits per heavy atom. The highest BCUT2D eigenvalue weighted by atomic mass is 16.4. The van der Waals surface area contributed by atoms with E-state index in [0.29, 0.717) is 11.4 Å². The molecule has 0 fully saturated rings. The van der Waals surface area contributed by atoms with Crippen LogP contribution >= 0.6 is 0 Å². The number of anilines is 2. The first-order valence-corrected chi connectivity index (χ1v) is 7.45. The summed E-state index contributed by atoms with van der Waals surface area (Å²) in [5.74, 6) is -0.450. The van der Waals surface area contributed by atoms with E-state index in [1.807, 2.05) is 0 Å². The van der Waals surface area contributed by atoms with Crippen molar-refractivity contribution in [2.45, 2.75) is 41.5 Å². The molecule has 7 heteroatoms. The van der Waals surface area contributed by atoms with Gasteiger partial charge in [0.05, 0.1) is 11.4 Å². The predicted molar refractivity (Wildman–Crippen MR) is 92.4 cm³/mol. The van der Waals surface area contributed by atoms with Crippen molar-refractivity contribution >= 4 is 35.8 Å². The zero-order valence-electron chi connectivity index (χ0n) is 14.5. The van der Waals surface area contributed by atoms with E-state index >= 15 is 0 Å². The quantitative estimate of drug-likeness (QED) is 0.632. The van der Waals surface area contributed by atoms with Gasteiger partial charge in [-0.1, -0.05) is 47.6 Å². The summed E-state index contributed by atoms with van der Waals surface area (Å²) in [5.41, 5.74) is -0.261. The molecule has 0 saturated heterocycles. The van der Waals surface area contributed by atoms with E-state index in [1.165, 1.54) is 18.2 Å². The van der Waals surface area contributed by atoms with E-state index < -0.39 is 17.9 Å². The fourth-order valence-corrected chi connectivity index (χ4v) is 1.55. The number of hydrogen-bond acceptors (Lipinski definition) is 4. The smallest absolute Gasteiger partial charge is 0.423 e. The maximum atomic E-state index is 12.2. The number of nitrogens with one attached hydrogen (secondary N) is 2. The van der Waals surface area contributed by atoms with Crippen molar-refractivity contribution in [1.82, 2.24) is 0 Å². The summed E-state index contributed by atoms with van der Waals surface area (Å²) >= 11 is 0. The van der Waals surface area contributed by atoms with Crippen molar-refractivity contribution in [1.29, 1.82) is 0 Å². The lowest BCUT2D eigenvalue weighted by atomic mass is 9.80. The number of carbonyl (C=O) groups is 2. The minimum absolute atomic E-state index is 0.207. The lowest BCUT2D eigenvalue weighted by molar-refractivity contribution is -0.124. The molecule has 0 heterocycles. The molecule has 1 aromatic carbocycles. The molecule has 0 saturated carbocycles. The van der Waals surface area contributed by atoms with E-state index in [1.54, 1.807) is 41.5 Å². The first-order chi connectivity index (χ1) is 10.3. The zero-order chi connectivity index (χ0) is 18.0. The Balaban J connectivity index is 3.19. The van der Waals surface area contributed by atoms with Gasteiger partial charge < -0.3 is 20.7 Å². The highest BCUT2D eigenvalue weighted by Gasteiger charge is 2.25. The van der Waals surface area contributed by atoms with Crippen LogP contribution in [-0.2, 0) is 9.59 Å². The fourth-order valence-electron chi connectivity index (χ4n) is 1.55. The summed E-state index contributed by atoms with van der Waals surface area (Å²) in [6, 6.07) is 4.46. The van der Waals surface area contributed by atoms with Gasteiger partial charge in [0.1, 0.15) is 0 Å².